The molecule has 0 aromatic heterocycles. The van der Waals surface area contributed by atoms with E-state index < -0.39 is 11.6 Å². The molecular weight excluding hydrogens is 306 g/mol. The summed E-state index contributed by atoms with van der Waals surface area (Å²) < 4.78 is 26.6. The molecule has 0 radical (unpaired) electrons. The highest BCUT2D eigenvalue weighted by Crippen LogP contribution is 2.20. The lowest BCUT2D eigenvalue weighted by molar-refractivity contribution is 0.577. The highest BCUT2D eigenvalue weighted by molar-refractivity contribution is 9.10. The smallest absolute Gasteiger partial charge is 0.134 e. The second kappa shape index (κ2) is 4.86. The monoisotopic (exact) mass is 310 g/mol. The summed E-state index contributed by atoms with van der Waals surface area (Å²) in [6.45, 7) is 0. The summed E-state index contributed by atoms with van der Waals surface area (Å²) in [4.78, 5) is 0. The molecule has 0 heterocycles. The van der Waals surface area contributed by atoms with E-state index in [4.69, 9.17) is 0 Å². The molecule has 0 aliphatic heterocycles. The van der Waals surface area contributed by atoms with Crippen LogP contribution in [-0.4, -0.2) is 5.33 Å². The zero-order chi connectivity index (χ0) is 9.84. The molecule has 1 aromatic rings. The van der Waals surface area contributed by atoms with Crippen LogP contribution in [0.3, 0.4) is 0 Å². The van der Waals surface area contributed by atoms with Gasteiger partial charge in [-0.1, -0.05) is 44.0 Å². The van der Waals surface area contributed by atoms with E-state index >= 15 is 0 Å². The van der Waals surface area contributed by atoms with Gasteiger partial charge in [0.15, 0.2) is 0 Å². The molecule has 0 saturated heterocycles. The molecule has 1 aromatic carbocycles. The Kier molecular flexibility index (Phi) is 4.06. The Labute approximate surface area is 91.9 Å². The third-order valence-corrected chi connectivity index (χ3v) is 2.25. The Bertz CT molecular complexity index is 311. The Morgan fingerprint density at radius 1 is 1.23 bits per heavy atom. The summed E-state index contributed by atoms with van der Waals surface area (Å²) in [5.74, 6) is -1.13. The van der Waals surface area contributed by atoms with Crippen molar-refractivity contribution in [2.45, 2.75) is 0 Å². The molecule has 0 aliphatic carbocycles. The van der Waals surface area contributed by atoms with Gasteiger partial charge in [-0.05, 0) is 12.1 Å². The van der Waals surface area contributed by atoms with E-state index in [2.05, 4.69) is 31.9 Å². The van der Waals surface area contributed by atoms with Crippen LogP contribution in [0, 0.1) is 11.6 Å². The van der Waals surface area contributed by atoms with Gasteiger partial charge in [-0.2, -0.15) is 0 Å². The minimum atomic E-state index is -0.566. The van der Waals surface area contributed by atoms with Gasteiger partial charge in [0, 0.05) is 15.4 Å². The molecule has 1 rings (SSSR count). The number of benzene rings is 1. The van der Waals surface area contributed by atoms with Gasteiger partial charge < -0.3 is 0 Å². The van der Waals surface area contributed by atoms with Gasteiger partial charge in [0.05, 0.1) is 0 Å². The fourth-order valence-corrected chi connectivity index (χ4v) is 1.46. The van der Waals surface area contributed by atoms with Crippen LogP contribution < -0.4 is 0 Å². The lowest BCUT2D eigenvalue weighted by atomic mass is 10.2. The molecule has 70 valence electrons. The van der Waals surface area contributed by atoms with Crippen molar-refractivity contribution in [2.24, 2.45) is 0 Å². The normalized spacial score (nSPS) is 11.1. The van der Waals surface area contributed by atoms with Gasteiger partial charge in [0.25, 0.3) is 0 Å². The topological polar surface area (TPSA) is 0 Å². The van der Waals surface area contributed by atoms with E-state index in [1.54, 1.807) is 6.08 Å². The maximum atomic E-state index is 13.1. The van der Waals surface area contributed by atoms with Crippen LogP contribution >= 0.6 is 31.9 Å². The fraction of sp³-hybridized carbons (Fsp3) is 0.111. The minimum absolute atomic E-state index is 0.0114. The van der Waals surface area contributed by atoms with Crippen LogP contribution in [0.4, 0.5) is 8.78 Å². The van der Waals surface area contributed by atoms with E-state index in [1.807, 2.05) is 0 Å². The van der Waals surface area contributed by atoms with Crippen LogP contribution in [0.2, 0.25) is 0 Å². The standard InChI is InChI=1S/C9H6Br2F2/c10-3-1-2-7-8(12)4-6(11)5-9(7)13/h1-2,4-5H,3H2. The lowest BCUT2D eigenvalue weighted by Gasteiger charge is -1.99. The SMILES string of the molecule is Fc1cc(Br)cc(F)c1C=CCBr. The third kappa shape index (κ3) is 2.88. The van der Waals surface area contributed by atoms with Crippen LogP contribution in [0.1, 0.15) is 5.56 Å². The second-order valence-corrected chi connectivity index (χ2v) is 3.90. The van der Waals surface area contributed by atoms with Gasteiger partial charge in [0.1, 0.15) is 11.6 Å². The molecule has 0 fully saturated rings. The summed E-state index contributed by atoms with van der Waals surface area (Å²) in [7, 11) is 0. The average molecular weight is 312 g/mol. The predicted octanol–water partition coefficient (Wildman–Crippen LogP) is 4.14. The molecule has 0 saturated carbocycles. The number of hydrogen-bond acceptors (Lipinski definition) is 0. The fourth-order valence-electron chi connectivity index (χ4n) is 0.875. The molecule has 13 heavy (non-hydrogen) atoms. The quantitative estimate of drug-likeness (QED) is 0.720. The van der Waals surface area contributed by atoms with Gasteiger partial charge in [-0.25, -0.2) is 8.78 Å². The molecule has 0 aliphatic rings. The molecule has 0 N–H and O–H groups in total. The van der Waals surface area contributed by atoms with Gasteiger partial charge in [0.2, 0.25) is 0 Å². The summed E-state index contributed by atoms with van der Waals surface area (Å²) in [6.07, 6.45) is 3.04. The van der Waals surface area contributed by atoms with Gasteiger partial charge >= 0.3 is 0 Å². The first-order valence-corrected chi connectivity index (χ1v) is 5.43. The number of hydrogen-bond donors (Lipinski definition) is 0. The number of halogens is 4. The Hall–Kier alpha value is -0.220. The first-order valence-electron chi connectivity index (χ1n) is 3.52. The zero-order valence-electron chi connectivity index (χ0n) is 6.53. The van der Waals surface area contributed by atoms with Crippen molar-refractivity contribution in [1.82, 2.24) is 0 Å². The Morgan fingerprint density at radius 2 is 1.77 bits per heavy atom. The zero-order valence-corrected chi connectivity index (χ0v) is 9.70. The summed E-state index contributed by atoms with van der Waals surface area (Å²) in [5, 5.41) is 0.571. The molecule has 0 unspecified atom stereocenters. The Balaban J connectivity index is 3.13. The highest BCUT2D eigenvalue weighted by Gasteiger charge is 2.06. The first-order chi connectivity index (χ1) is 6.15. The van der Waals surface area contributed by atoms with Crippen molar-refractivity contribution in [3.63, 3.8) is 0 Å². The van der Waals surface area contributed by atoms with Crippen molar-refractivity contribution >= 4 is 37.9 Å². The minimum Gasteiger partial charge on any atom is -0.206 e. The van der Waals surface area contributed by atoms with Crippen LogP contribution in [0.15, 0.2) is 22.7 Å². The maximum absolute atomic E-state index is 13.1. The summed E-state index contributed by atoms with van der Waals surface area (Å²) in [5.41, 5.74) is -0.0114. The first kappa shape index (κ1) is 10.9. The van der Waals surface area contributed by atoms with Crippen LogP contribution in [0.25, 0.3) is 6.08 Å². The van der Waals surface area contributed by atoms with Gasteiger partial charge in [-0.15, -0.1) is 0 Å². The molecule has 0 amide bonds. The molecule has 4 heteroatoms. The van der Waals surface area contributed by atoms with E-state index in [-0.39, 0.29) is 5.56 Å². The van der Waals surface area contributed by atoms with E-state index in [0.717, 1.165) is 0 Å². The van der Waals surface area contributed by atoms with Crippen molar-refractivity contribution in [1.29, 1.82) is 0 Å². The molecule has 0 atom stereocenters. The molecular formula is C9H6Br2F2. The largest absolute Gasteiger partial charge is 0.206 e. The number of rotatable bonds is 2. The lowest BCUT2D eigenvalue weighted by Crippen LogP contribution is -1.88. The van der Waals surface area contributed by atoms with E-state index in [9.17, 15) is 8.78 Å². The van der Waals surface area contributed by atoms with Crippen molar-refractivity contribution in [3.8, 4) is 0 Å². The predicted molar refractivity (Wildman–Crippen MR) is 56.9 cm³/mol. The summed E-state index contributed by atoms with van der Waals surface area (Å²) in [6, 6.07) is 2.47. The highest BCUT2D eigenvalue weighted by atomic mass is 79.9. The third-order valence-electron chi connectivity index (χ3n) is 1.42. The van der Waals surface area contributed by atoms with Crippen molar-refractivity contribution in [3.05, 3.63) is 39.9 Å². The Morgan fingerprint density at radius 3 is 2.23 bits per heavy atom. The van der Waals surface area contributed by atoms with Crippen LogP contribution in [0.5, 0.6) is 0 Å². The van der Waals surface area contributed by atoms with Crippen molar-refractivity contribution < 1.29 is 8.78 Å². The maximum Gasteiger partial charge on any atom is 0.134 e. The average Bonchev–Trinajstić information content (AvgIpc) is 2.02. The van der Waals surface area contributed by atoms with E-state index in [1.165, 1.54) is 18.2 Å². The van der Waals surface area contributed by atoms with Crippen LogP contribution in [-0.2, 0) is 0 Å². The number of alkyl halides is 1. The van der Waals surface area contributed by atoms with Gasteiger partial charge in [-0.3, -0.25) is 0 Å². The molecule has 0 spiro atoms. The molecule has 0 nitrogen and oxygen atoms in total. The van der Waals surface area contributed by atoms with Crippen molar-refractivity contribution in [2.75, 3.05) is 5.33 Å². The number of allylic oxidation sites excluding steroid dienone is 1. The second-order valence-electron chi connectivity index (χ2n) is 2.34. The molecule has 0 bridgehead atoms. The van der Waals surface area contributed by atoms with E-state index in [0.29, 0.717) is 9.80 Å². The summed E-state index contributed by atoms with van der Waals surface area (Å²) >= 11 is 6.13.